The zero-order valence-corrected chi connectivity index (χ0v) is 13.0. The van der Waals surface area contributed by atoms with Crippen molar-refractivity contribution in [1.29, 1.82) is 0 Å². The molecule has 0 unspecified atom stereocenters. The molecule has 0 aliphatic carbocycles. The van der Waals surface area contributed by atoms with E-state index in [-0.39, 0.29) is 5.41 Å². The van der Waals surface area contributed by atoms with Crippen LogP contribution >= 0.6 is 0 Å². The molecule has 0 radical (unpaired) electrons. The Labute approximate surface area is 116 Å². The highest BCUT2D eigenvalue weighted by Gasteiger charge is 2.19. The van der Waals surface area contributed by atoms with E-state index in [1.807, 2.05) is 20.0 Å². The summed E-state index contributed by atoms with van der Waals surface area (Å²) in [7, 11) is 4.20. The first-order chi connectivity index (χ1) is 8.84. The Bertz CT molecular complexity index is 401. The number of anilines is 2. The van der Waals surface area contributed by atoms with Gasteiger partial charge < -0.3 is 15.5 Å². The highest BCUT2D eigenvalue weighted by atomic mass is 15.1. The molecule has 0 atom stereocenters. The Morgan fingerprint density at radius 1 is 1.26 bits per heavy atom. The lowest BCUT2D eigenvalue weighted by Crippen LogP contribution is -2.34. The molecule has 5 nitrogen and oxygen atoms in total. The van der Waals surface area contributed by atoms with Crippen molar-refractivity contribution >= 4 is 11.8 Å². The minimum atomic E-state index is 0.194. The Kier molecular flexibility index (Phi) is 5.54. The fraction of sp³-hybridized carbons (Fsp3) is 0.714. The Hall–Kier alpha value is -1.36. The van der Waals surface area contributed by atoms with E-state index in [1.54, 1.807) is 0 Å². The molecule has 0 fully saturated rings. The van der Waals surface area contributed by atoms with E-state index in [0.29, 0.717) is 5.95 Å². The van der Waals surface area contributed by atoms with Crippen molar-refractivity contribution in [2.24, 2.45) is 5.41 Å². The van der Waals surface area contributed by atoms with Gasteiger partial charge in [-0.2, -0.15) is 4.98 Å². The molecular formula is C14H27N5. The molecule has 0 saturated carbocycles. The summed E-state index contributed by atoms with van der Waals surface area (Å²) in [6.45, 7) is 11.3. The van der Waals surface area contributed by atoms with Crippen molar-refractivity contribution in [1.82, 2.24) is 14.9 Å². The normalized spacial score (nSPS) is 11.7. The van der Waals surface area contributed by atoms with E-state index >= 15 is 0 Å². The predicted octanol–water partition coefficient (Wildman–Crippen LogP) is 2.22. The van der Waals surface area contributed by atoms with E-state index in [4.69, 9.17) is 0 Å². The molecule has 5 heteroatoms. The number of hydrogen-bond acceptors (Lipinski definition) is 5. The topological polar surface area (TPSA) is 53.1 Å². The second kappa shape index (κ2) is 6.70. The summed E-state index contributed by atoms with van der Waals surface area (Å²) in [5, 5.41) is 6.57. The largest absolute Gasteiger partial charge is 0.369 e. The van der Waals surface area contributed by atoms with Crippen LogP contribution in [0.15, 0.2) is 6.20 Å². The van der Waals surface area contributed by atoms with E-state index in [0.717, 1.165) is 31.0 Å². The fourth-order valence-corrected chi connectivity index (χ4v) is 2.10. The Balaban J connectivity index is 2.68. The lowest BCUT2D eigenvalue weighted by molar-refractivity contribution is 0.254. The lowest BCUT2D eigenvalue weighted by atomic mass is 9.93. The van der Waals surface area contributed by atoms with Gasteiger partial charge in [-0.1, -0.05) is 13.8 Å². The van der Waals surface area contributed by atoms with Crippen LogP contribution in [-0.4, -0.2) is 48.6 Å². The maximum Gasteiger partial charge on any atom is 0.224 e. The summed E-state index contributed by atoms with van der Waals surface area (Å²) in [4.78, 5) is 11.0. The lowest BCUT2D eigenvalue weighted by Gasteiger charge is -2.29. The van der Waals surface area contributed by atoms with Gasteiger partial charge >= 0.3 is 0 Å². The van der Waals surface area contributed by atoms with Gasteiger partial charge in [0, 0.05) is 31.4 Å². The minimum Gasteiger partial charge on any atom is -0.369 e. The molecule has 1 aromatic heterocycles. The maximum atomic E-state index is 4.50. The zero-order valence-electron chi connectivity index (χ0n) is 13.0. The zero-order chi connectivity index (χ0) is 14.5. The molecule has 1 rings (SSSR count). The second-order valence-electron chi connectivity index (χ2n) is 6.01. The average molecular weight is 265 g/mol. The molecule has 0 spiro atoms. The molecule has 0 aromatic carbocycles. The van der Waals surface area contributed by atoms with Crippen LogP contribution in [0.3, 0.4) is 0 Å². The van der Waals surface area contributed by atoms with Crippen molar-refractivity contribution in [3.05, 3.63) is 11.8 Å². The molecule has 2 N–H and O–H groups in total. The SMILES string of the molecule is CCNc1ncc(C)c(NCC(C)(C)CN(C)C)n1. The van der Waals surface area contributed by atoms with E-state index in [1.165, 1.54) is 0 Å². The summed E-state index contributed by atoms with van der Waals surface area (Å²) in [6.07, 6.45) is 1.85. The summed E-state index contributed by atoms with van der Waals surface area (Å²) in [6, 6.07) is 0. The highest BCUT2D eigenvalue weighted by Crippen LogP contribution is 2.19. The molecule has 0 bridgehead atoms. The molecular weight excluding hydrogens is 238 g/mol. The van der Waals surface area contributed by atoms with Gasteiger partial charge in [-0.25, -0.2) is 4.98 Å². The molecule has 1 heterocycles. The van der Waals surface area contributed by atoms with Crippen LogP contribution in [0.25, 0.3) is 0 Å². The summed E-state index contributed by atoms with van der Waals surface area (Å²) < 4.78 is 0. The summed E-state index contributed by atoms with van der Waals surface area (Å²) in [5.41, 5.74) is 1.27. The first kappa shape index (κ1) is 15.7. The van der Waals surface area contributed by atoms with Crippen LogP contribution in [0, 0.1) is 12.3 Å². The molecule has 0 saturated heterocycles. The molecule has 19 heavy (non-hydrogen) atoms. The van der Waals surface area contributed by atoms with Crippen molar-refractivity contribution < 1.29 is 0 Å². The van der Waals surface area contributed by atoms with Crippen LogP contribution in [0.4, 0.5) is 11.8 Å². The van der Waals surface area contributed by atoms with Gasteiger partial charge in [-0.3, -0.25) is 0 Å². The van der Waals surface area contributed by atoms with Gasteiger partial charge in [0.15, 0.2) is 0 Å². The fourth-order valence-electron chi connectivity index (χ4n) is 2.10. The number of rotatable bonds is 7. The van der Waals surface area contributed by atoms with Crippen molar-refractivity contribution in [3.8, 4) is 0 Å². The van der Waals surface area contributed by atoms with E-state index in [2.05, 4.69) is 53.4 Å². The van der Waals surface area contributed by atoms with E-state index < -0.39 is 0 Å². The smallest absolute Gasteiger partial charge is 0.224 e. The first-order valence-corrected chi connectivity index (χ1v) is 6.80. The van der Waals surface area contributed by atoms with Crippen LogP contribution in [0.2, 0.25) is 0 Å². The van der Waals surface area contributed by atoms with Crippen molar-refractivity contribution in [2.75, 3.05) is 44.4 Å². The van der Waals surface area contributed by atoms with Gasteiger partial charge in [0.1, 0.15) is 5.82 Å². The number of aromatic nitrogens is 2. The monoisotopic (exact) mass is 265 g/mol. The third-order valence-corrected chi connectivity index (χ3v) is 2.79. The standard InChI is InChI=1S/C14H27N5/c1-7-15-13-16-8-11(2)12(18-13)17-9-14(3,4)10-19(5)6/h8H,7,9-10H2,1-6H3,(H2,15,16,17,18). The molecule has 0 amide bonds. The number of nitrogens with one attached hydrogen (secondary N) is 2. The van der Waals surface area contributed by atoms with Crippen LogP contribution in [-0.2, 0) is 0 Å². The van der Waals surface area contributed by atoms with Crippen LogP contribution in [0.1, 0.15) is 26.3 Å². The third-order valence-electron chi connectivity index (χ3n) is 2.79. The molecule has 1 aromatic rings. The van der Waals surface area contributed by atoms with Gasteiger partial charge in [-0.05, 0) is 33.4 Å². The van der Waals surface area contributed by atoms with Gasteiger partial charge in [-0.15, -0.1) is 0 Å². The highest BCUT2D eigenvalue weighted by molar-refractivity contribution is 5.46. The third kappa shape index (κ3) is 5.42. The maximum absolute atomic E-state index is 4.50. The van der Waals surface area contributed by atoms with Gasteiger partial charge in [0.2, 0.25) is 5.95 Å². The van der Waals surface area contributed by atoms with Gasteiger partial charge in [0.05, 0.1) is 0 Å². The van der Waals surface area contributed by atoms with Crippen LogP contribution < -0.4 is 10.6 Å². The summed E-state index contributed by atoms with van der Waals surface area (Å²) in [5.74, 6) is 1.60. The Morgan fingerprint density at radius 3 is 2.53 bits per heavy atom. The minimum absolute atomic E-state index is 0.194. The molecule has 108 valence electrons. The average Bonchev–Trinajstić information content (AvgIpc) is 2.28. The number of aryl methyl sites for hydroxylation is 1. The predicted molar refractivity (Wildman–Crippen MR) is 81.8 cm³/mol. The quantitative estimate of drug-likeness (QED) is 0.791. The molecule has 0 aliphatic heterocycles. The second-order valence-corrected chi connectivity index (χ2v) is 6.01. The van der Waals surface area contributed by atoms with Gasteiger partial charge in [0.25, 0.3) is 0 Å². The number of hydrogen-bond donors (Lipinski definition) is 2. The van der Waals surface area contributed by atoms with E-state index in [9.17, 15) is 0 Å². The first-order valence-electron chi connectivity index (χ1n) is 6.80. The molecule has 0 aliphatic rings. The van der Waals surface area contributed by atoms with Crippen LogP contribution in [0.5, 0.6) is 0 Å². The Morgan fingerprint density at radius 2 is 1.95 bits per heavy atom. The summed E-state index contributed by atoms with van der Waals surface area (Å²) >= 11 is 0. The van der Waals surface area contributed by atoms with Crippen molar-refractivity contribution in [2.45, 2.75) is 27.7 Å². The number of nitrogens with zero attached hydrogens (tertiary/aromatic N) is 3. The van der Waals surface area contributed by atoms with Crippen molar-refractivity contribution in [3.63, 3.8) is 0 Å².